The van der Waals surface area contributed by atoms with Gasteiger partial charge in [-0.3, -0.25) is 0 Å². The molecule has 0 saturated heterocycles. The average Bonchev–Trinajstić information content (AvgIpc) is 2.45. The van der Waals surface area contributed by atoms with Crippen molar-refractivity contribution in [2.75, 3.05) is 6.61 Å². The van der Waals surface area contributed by atoms with Crippen LogP contribution in [0.3, 0.4) is 0 Å². The van der Waals surface area contributed by atoms with Crippen LogP contribution < -0.4 is 4.74 Å². The van der Waals surface area contributed by atoms with Gasteiger partial charge in [0.2, 0.25) is 5.88 Å². The Balaban J connectivity index is 2.07. The molecule has 0 aliphatic rings. The topological polar surface area (TPSA) is 31.4 Å². The molecule has 0 bridgehead atoms. The number of benzene rings is 1. The van der Waals surface area contributed by atoms with Crippen molar-refractivity contribution >= 4 is 0 Å². The van der Waals surface area contributed by atoms with E-state index in [2.05, 4.69) is 4.98 Å². The molecule has 0 unspecified atom stereocenters. The van der Waals surface area contributed by atoms with Crippen molar-refractivity contribution < 1.29 is 22.6 Å². The van der Waals surface area contributed by atoms with Gasteiger partial charge in [0.1, 0.15) is 5.75 Å². The van der Waals surface area contributed by atoms with Crippen LogP contribution in [0.4, 0.5) is 13.2 Å². The Bertz CT molecular complexity index is 582. The van der Waals surface area contributed by atoms with Gasteiger partial charge >= 0.3 is 6.18 Å². The van der Waals surface area contributed by atoms with E-state index >= 15 is 0 Å². The third-order valence-corrected chi connectivity index (χ3v) is 2.66. The van der Waals surface area contributed by atoms with Gasteiger partial charge < -0.3 is 9.47 Å². The van der Waals surface area contributed by atoms with Crippen molar-refractivity contribution in [3.8, 4) is 11.6 Å². The smallest absolute Gasteiger partial charge is 0.417 e. The lowest BCUT2D eigenvalue weighted by Gasteiger charge is -2.09. The fourth-order valence-electron chi connectivity index (χ4n) is 1.65. The van der Waals surface area contributed by atoms with E-state index in [9.17, 15) is 13.2 Å². The third kappa shape index (κ3) is 4.46. The van der Waals surface area contributed by atoms with Crippen LogP contribution in [0.5, 0.6) is 11.6 Å². The maximum absolute atomic E-state index is 12.4. The second-order valence-corrected chi connectivity index (χ2v) is 4.27. The summed E-state index contributed by atoms with van der Waals surface area (Å²) in [7, 11) is 0. The highest BCUT2D eigenvalue weighted by Crippen LogP contribution is 2.30. The highest BCUT2D eigenvalue weighted by Gasteiger charge is 2.30. The number of alkyl halides is 3. The zero-order valence-electron chi connectivity index (χ0n) is 11.4. The van der Waals surface area contributed by atoms with Gasteiger partial charge in [0.25, 0.3) is 0 Å². The standard InChI is InChI=1S/C15H14F3NO2/c1-2-20-10-11-4-3-5-13(8-11)21-14-7-6-12(9-19-14)15(16,17)18/h3-9H,2,10H2,1H3. The van der Waals surface area contributed by atoms with E-state index in [1.807, 2.05) is 13.0 Å². The number of pyridine rings is 1. The summed E-state index contributed by atoms with van der Waals surface area (Å²) in [6.45, 7) is 2.95. The maximum atomic E-state index is 12.4. The van der Waals surface area contributed by atoms with E-state index in [-0.39, 0.29) is 5.88 Å². The molecule has 0 aliphatic carbocycles. The molecule has 6 heteroatoms. The number of nitrogens with zero attached hydrogens (tertiary/aromatic N) is 1. The molecule has 1 aromatic carbocycles. The zero-order valence-corrected chi connectivity index (χ0v) is 11.4. The van der Waals surface area contributed by atoms with Gasteiger partial charge in [-0.15, -0.1) is 0 Å². The minimum absolute atomic E-state index is 0.108. The Morgan fingerprint density at radius 2 is 1.95 bits per heavy atom. The Kier molecular flexibility index (Phi) is 4.80. The molecule has 1 aromatic heterocycles. The molecule has 0 spiro atoms. The lowest BCUT2D eigenvalue weighted by molar-refractivity contribution is -0.137. The van der Waals surface area contributed by atoms with E-state index in [1.165, 1.54) is 6.07 Å². The van der Waals surface area contributed by atoms with Crippen LogP contribution in [-0.4, -0.2) is 11.6 Å². The number of rotatable bonds is 5. The summed E-state index contributed by atoms with van der Waals surface area (Å²) in [5, 5.41) is 0. The van der Waals surface area contributed by atoms with Crippen LogP contribution in [0.1, 0.15) is 18.1 Å². The van der Waals surface area contributed by atoms with Crippen LogP contribution in [0.2, 0.25) is 0 Å². The number of aromatic nitrogens is 1. The summed E-state index contributed by atoms with van der Waals surface area (Å²) in [5.41, 5.74) is 0.112. The van der Waals surface area contributed by atoms with Gasteiger partial charge in [0.05, 0.1) is 12.2 Å². The molecule has 21 heavy (non-hydrogen) atoms. The predicted octanol–water partition coefficient (Wildman–Crippen LogP) is 4.43. The summed E-state index contributed by atoms with van der Waals surface area (Å²) in [4.78, 5) is 3.66. The first-order chi connectivity index (χ1) is 9.99. The summed E-state index contributed by atoms with van der Waals surface area (Å²) in [6, 6.07) is 9.25. The fraction of sp³-hybridized carbons (Fsp3) is 0.267. The lowest BCUT2D eigenvalue weighted by Crippen LogP contribution is -2.05. The summed E-state index contributed by atoms with van der Waals surface area (Å²) >= 11 is 0. The van der Waals surface area contributed by atoms with E-state index in [4.69, 9.17) is 9.47 Å². The molecule has 2 rings (SSSR count). The Morgan fingerprint density at radius 3 is 2.57 bits per heavy atom. The molecular formula is C15H14F3NO2. The Morgan fingerprint density at radius 1 is 1.14 bits per heavy atom. The third-order valence-electron chi connectivity index (χ3n) is 2.66. The summed E-state index contributed by atoms with van der Waals surface area (Å²) in [6.07, 6.45) is -3.65. The molecule has 0 fully saturated rings. The first-order valence-corrected chi connectivity index (χ1v) is 6.37. The van der Waals surface area contributed by atoms with Crippen LogP contribution in [0, 0.1) is 0 Å². The molecule has 0 radical (unpaired) electrons. The second kappa shape index (κ2) is 6.58. The summed E-state index contributed by atoms with van der Waals surface area (Å²) in [5.74, 6) is 0.607. The van der Waals surface area contributed by atoms with Gasteiger partial charge in [-0.25, -0.2) is 4.98 Å². The minimum Gasteiger partial charge on any atom is -0.439 e. The summed E-state index contributed by atoms with van der Waals surface area (Å²) < 4.78 is 48.0. The monoisotopic (exact) mass is 297 g/mol. The normalized spacial score (nSPS) is 11.4. The highest BCUT2D eigenvalue weighted by molar-refractivity contribution is 5.32. The van der Waals surface area contributed by atoms with Crippen molar-refractivity contribution in [3.63, 3.8) is 0 Å². The van der Waals surface area contributed by atoms with E-state index < -0.39 is 11.7 Å². The molecule has 2 aromatic rings. The molecule has 0 amide bonds. The van der Waals surface area contributed by atoms with Crippen molar-refractivity contribution in [1.29, 1.82) is 0 Å². The lowest BCUT2D eigenvalue weighted by atomic mass is 10.2. The molecule has 1 heterocycles. The van der Waals surface area contributed by atoms with E-state index in [0.29, 0.717) is 19.0 Å². The van der Waals surface area contributed by atoms with Crippen LogP contribution in [-0.2, 0) is 17.5 Å². The van der Waals surface area contributed by atoms with E-state index in [1.54, 1.807) is 18.2 Å². The zero-order chi connectivity index (χ0) is 15.3. The molecule has 3 nitrogen and oxygen atoms in total. The number of halogens is 3. The molecular weight excluding hydrogens is 283 g/mol. The Labute approximate surface area is 120 Å². The first kappa shape index (κ1) is 15.3. The molecule has 0 atom stereocenters. The van der Waals surface area contributed by atoms with Crippen molar-refractivity contribution in [2.24, 2.45) is 0 Å². The quantitative estimate of drug-likeness (QED) is 0.818. The van der Waals surface area contributed by atoms with Gasteiger partial charge in [0.15, 0.2) is 0 Å². The van der Waals surface area contributed by atoms with Gasteiger partial charge in [-0.05, 0) is 30.7 Å². The second-order valence-electron chi connectivity index (χ2n) is 4.27. The molecule has 0 aliphatic heterocycles. The SMILES string of the molecule is CCOCc1cccc(Oc2ccc(C(F)(F)F)cn2)c1. The van der Waals surface area contributed by atoms with E-state index in [0.717, 1.165) is 17.8 Å². The Hall–Kier alpha value is -2.08. The van der Waals surface area contributed by atoms with Gasteiger partial charge in [-0.2, -0.15) is 13.2 Å². The van der Waals surface area contributed by atoms with Crippen molar-refractivity contribution in [2.45, 2.75) is 19.7 Å². The largest absolute Gasteiger partial charge is 0.439 e. The minimum atomic E-state index is -4.40. The first-order valence-electron chi connectivity index (χ1n) is 6.37. The van der Waals surface area contributed by atoms with Gasteiger partial charge in [-0.1, -0.05) is 12.1 Å². The van der Waals surface area contributed by atoms with Crippen LogP contribution >= 0.6 is 0 Å². The highest BCUT2D eigenvalue weighted by atomic mass is 19.4. The number of hydrogen-bond donors (Lipinski definition) is 0. The number of hydrogen-bond acceptors (Lipinski definition) is 3. The molecule has 0 saturated carbocycles. The average molecular weight is 297 g/mol. The fourth-order valence-corrected chi connectivity index (χ4v) is 1.65. The number of ether oxygens (including phenoxy) is 2. The van der Waals surface area contributed by atoms with Crippen LogP contribution in [0.15, 0.2) is 42.6 Å². The predicted molar refractivity (Wildman–Crippen MR) is 71.1 cm³/mol. The van der Waals surface area contributed by atoms with Gasteiger partial charge in [0, 0.05) is 18.9 Å². The molecule has 0 N–H and O–H groups in total. The van der Waals surface area contributed by atoms with Crippen molar-refractivity contribution in [1.82, 2.24) is 4.98 Å². The van der Waals surface area contributed by atoms with Crippen molar-refractivity contribution in [3.05, 3.63) is 53.7 Å². The van der Waals surface area contributed by atoms with Crippen LogP contribution in [0.25, 0.3) is 0 Å². The molecule has 112 valence electrons. The maximum Gasteiger partial charge on any atom is 0.417 e.